The Kier molecular flexibility index (Phi) is 4.48. The number of nitrogens with zero attached hydrogens (tertiary/aromatic N) is 1. The van der Waals surface area contributed by atoms with Crippen molar-refractivity contribution in [3.8, 4) is 0 Å². The number of rotatable bonds is 4. The largest absolute Gasteiger partial charge is 0.368 e. The van der Waals surface area contributed by atoms with E-state index < -0.39 is 0 Å². The third kappa shape index (κ3) is 3.47. The molecule has 2 rings (SSSR count). The summed E-state index contributed by atoms with van der Waals surface area (Å²) in [5.74, 6) is 0.335. The average molecular weight is 290 g/mol. The van der Waals surface area contributed by atoms with Crippen LogP contribution in [0.15, 0.2) is 24.3 Å². The van der Waals surface area contributed by atoms with Gasteiger partial charge in [-0.25, -0.2) is 0 Å². The van der Waals surface area contributed by atoms with Crippen molar-refractivity contribution < 1.29 is 4.74 Å². The molecule has 1 heterocycles. The van der Waals surface area contributed by atoms with Gasteiger partial charge in [0.05, 0.1) is 11.2 Å². The van der Waals surface area contributed by atoms with Gasteiger partial charge in [0.15, 0.2) is 0 Å². The molecule has 0 saturated carbocycles. The van der Waals surface area contributed by atoms with Crippen LogP contribution in [-0.4, -0.2) is 35.7 Å². The first-order chi connectivity index (χ1) is 9.63. The van der Waals surface area contributed by atoms with Gasteiger partial charge in [-0.05, 0) is 52.8 Å². The fourth-order valence-electron chi connectivity index (χ4n) is 3.55. The second kappa shape index (κ2) is 5.71. The van der Waals surface area contributed by atoms with E-state index in [0.29, 0.717) is 5.92 Å². The van der Waals surface area contributed by atoms with E-state index in [1.54, 1.807) is 0 Å². The highest BCUT2D eigenvalue weighted by atomic mass is 16.5. The van der Waals surface area contributed by atoms with Crippen molar-refractivity contribution in [1.29, 1.82) is 0 Å². The van der Waals surface area contributed by atoms with Gasteiger partial charge in [0.2, 0.25) is 0 Å². The van der Waals surface area contributed by atoms with Crippen molar-refractivity contribution in [3.05, 3.63) is 35.4 Å². The molecule has 1 saturated heterocycles. The number of nitrogens with two attached hydrogens (primary N) is 1. The maximum absolute atomic E-state index is 6.45. The van der Waals surface area contributed by atoms with Crippen molar-refractivity contribution in [2.24, 2.45) is 11.7 Å². The third-order valence-electron chi connectivity index (χ3n) is 4.87. The van der Waals surface area contributed by atoms with E-state index in [1.165, 1.54) is 11.1 Å². The number of benzene rings is 1. The molecule has 3 heteroatoms. The molecule has 2 N–H and O–H groups in total. The Hall–Kier alpha value is -0.900. The molecule has 0 radical (unpaired) electrons. The summed E-state index contributed by atoms with van der Waals surface area (Å²) in [6.07, 6.45) is 0. The highest BCUT2D eigenvalue weighted by Gasteiger charge is 2.52. The Bertz CT molecular complexity index is 496. The summed E-state index contributed by atoms with van der Waals surface area (Å²) in [6, 6.07) is 8.62. The van der Waals surface area contributed by atoms with Crippen LogP contribution in [0.3, 0.4) is 0 Å². The van der Waals surface area contributed by atoms with Gasteiger partial charge in [-0.1, -0.05) is 24.3 Å². The third-order valence-corrected chi connectivity index (χ3v) is 4.87. The van der Waals surface area contributed by atoms with Gasteiger partial charge in [0.25, 0.3) is 0 Å². The first-order valence-electron chi connectivity index (χ1n) is 7.82. The molecule has 118 valence electrons. The molecular formula is C18H30N2O. The average Bonchev–Trinajstić information content (AvgIpc) is 2.50. The van der Waals surface area contributed by atoms with Crippen LogP contribution < -0.4 is 5.73 Å². The van der Waals surface area contributed by atoms with Crippen molar-refractivity contribution in [2.75, 3.05) is 13.6 Å². The van der Waals surface area contributed by atoms with Gasteiger partial charge in [-0.2, -0.15) is 0 Å². The van der Waals surface area contributed by atoms with E-state index in [4.69, 9.17) is 10.5 Å². The number of hydrogen-bond donors (Lipinski definition) is 1. The molecule has 1 aromatic carbocycles. The van der Waals surface area contributed by atoms with Gasteiger partial charge in [0.1, 0.15) is 0 Å². The minimum atomic E-state index is -0.252. The Morgan fingerprint density at radius 1 is 1.14 bits per heavy atom. The monoisotopic (exact) mass is 290 g/mol. The molecule has 3 nitrogen and oxygen atoms in total. The molecular weight excluding hydrogens is 260 g/mol. The molecule has 0 aromatic heterocycles. The second-order valence-corrected chi connectivity index (χ2v) is 7.56. The van der Waals surface area contributed by atoms with Crippen molar-refractivity contribution in [2.45, 2.75) is 58.4 Å². The summed E-state index contributed by atoms with van der Waals surface area (Å²) in [5, 5.41) is 0. The predicted molar refractivity (Wildman–Crippen MR) is 88.2 cm³/mol. The lowest BCUT2D eigenvalue weighted by Gasteiger charge is -2.31. The SMILES string of the molecule is Cc1ccccc1CN(C)CC1C(N)C(C)(C)OC1(C)C. The molecule has 21 heavy (non-hydrogen) atoms. The summed E-state index contributed by atoms with van der Waals surface area (Å²) in [6.45, 7) is 12.6. The Morgan fingerprint density at radius 3 is 2.29 bits per heavy atom. The second-order valence-electron chi connectivity index (χ2n) is 7.56. The molecule has 0 aliphatic carbocycles. The van der Waals surface area contributed by atoms with Crippen LogP contribution in [-0.2, 0) is 11.3 Å². The maximum Gasteiger partial charge on any atom is 0.0788 e. The normalized spacial score (nSPS) is 27.2. The molecule has 0 bridgehead atoms. The van der Waals surface area contributed by atoms with Crippen LogP contribution in [0.25, 0.3) is 0 Å². The Labute approximate surface area is 129 Å². The van der Waals surface area contributed by atoms with E-state index in [-0.39, 0.29) is 17.2 Å². The minimum Gasteiger partial charge on any atom is -0.368 e. The van der Waals surface area contributed by atoms with Crippen molar-refractivity contribution in [3.63, 3.8) is 0 Å². The predicted octanol–water partition coefficient (Wildman–Crippen LogP) is 2.96. The van der Waals surface area contributed by atoms with E-state index >= 15 is 0 Å². The van der Waals surface area contributed by atoms with Crippen molar-refractivity contribution >= 4 is 0 Å². The molecule has 0 spiro atoms. The molecule has 1 aromatic rings. The summed E-state index contributed by atoms with van der Waals surface area (Å²) < 4.78 is 6.18. The molecule has 2 unspecified atom stereocenters. The summed E-state index contributed by atoms with van der Waals surface area (Å²) in [7, 11) is 2.17. The first-order valence-corrected chi connectivity index (χ1v) is 7.82. The fourth-order valence-corrected chi connectivity index (χ4v) is 3.55. The van der Waals surface area contributed by atoms with Gasteiger partial charge < -0.3 is 15.4 Å². The van der Waals surface area contributed by atoms with E-state index in [1.807, 2.05) is 0 Å². The maximum atomic E-state index is 6.45. The van der Waals surface area contributed by atoms with Crippen molar-refractivity contribution in [1.82, 2.24) is 4.90 Å². The highest BCUT2D eigenvalue weighted by molar-refractivity contribution is 5.25. The standard InChI is InChI=1S/C18H30N2O/c1-13-9-7-8-10-14(13)11-20(6)12-15-16(19)18(4,5)21-17(15,2)3/h7-10,15-16H,11-12,19H2,1-6H3. The van der Waals surface area contributed by atoms with E-state index in [0.717, 1.165) is 13.1 Å². The lowest BCUT2D eigenvalue weighted by molar-refractivity contribution is -0.0782. The number of ether oxygens (including phenoxy) is 1. The van der Waals surface area contributed by atoms with Crippen LogP contribution in [0.5, 0.6) is 0 Å². The first kappa shape index (κ1) is 16.5. The lowest BCUT2D eigenvalue weighted by atomic mass is 9.82. The van der Waals surface area contributed by atoms with Gasteiger partial charge >= 0.3 is 0 Å². The molecule has 1 aliphatic heterocycles. The zero-order valence-corrected chi connectivity index (χ0v) is 14.3. The molecule has 1 aliphatic rings. The van der Waals surface area contributed by atoms with E-state index in [2.05, 4.69) is 70.8 Å². The van der Waals surface area contributed by atoms with E-state index in [9.17, 15) is 0 Å². The van der Waals surface area contributed by atoms with Gasteiger partial charge in [-0.3, -0.25) is 0 Å². The smallest absolute Gasteiger partial charge is 0.0788 e. The van der Waals surface area contributed by atoms with Crippen LogP contribution in [0.4, 0.5) is 0 Å². The number of hydrogen-bond acceptors (Lipinski definition) is 3. The number of aryl methyl sites for hydroxylation is 1. The summed E-state index contributed by atoms with van der Waals surface area (Å²) in [4.78, 5) is 2.36. The Morgan fingerprint density at radius 2 is 1.76 bits per heavy atom. The molecule has 2 atom stereocenters. The summed E-state index contributed by atoms with van der Waals surface area (Å²) in [5.41, 5.74) is 8.74. The lowest BCUT2D eigenvalue weighted by Crippen LogP contribution is -2.47. The minimum absolute atomic E-state index is 0.0619. The van der Waals surface area contributed by atoms with Crippen LogP contribution >= 0.6 is 0 Å². The molecule has 1 fully saturated rings. The van der Waals surface area contributed by atoms with Gasteiger partial charge in [0, 0.05) is 25.0 Å². The summed E-state index contributed by atoms with van der Waals surface area (Å²) >= 11 is 0. The topological polar surface area (TPSA) is 38.5 Å². The zero-order chi connectivity index (χ0) is 15.8. The highest BCUT2D eigenvalue weighted by Crippen LogP contribution is 2.41. The molecule has 0 amide bonds. The van der Waals surface area contributed by atoms with Crippen LogP contribution in [0.1, 0.15) is 38.8 Å². The van der Waals surface area contributed by atoms with Crippen LogP contribution in [0, 0.1) is 12.8 Å². The van der Waals surface area contributed by atoms with Gasteiger partial charge in [-0.15, -0.1) is 0 Å². The zero-order valence-electron chi connectivity index (χ0n) is 14.3. The quantitative estimate of drug-likeness (QED) is 0.926. The fraction of sp³-hybridized carbons (Fsp3) is 0.667. The Balaban J connectivity index is 2.06. The van der Waals surface area contributed by atoms with Crippen LogP contribution in [0.2, 0.25) is 0 Å².